The molecule has 0 bridgehead atoms. The second-order valence-electron chi connectivity index (χ2n) is 6.95. The number of carbonyl (C=O) groups excluding carboxylic acids is 1. The molecule has 106 valence electrons. The van der Waals surface area contributed by atoms with Gasteiger partial charge in [0.15, 0.2) is 5.78 Å². The maximum Gasteiger partial charge on any atom is 0.165 e. The Morgan fingerprint density at radius 1 is 1.37 bits per heavy atom. The summed E-state index contributed by atoms with van der Waals surface area (Å²) in [5.41, 5.74) is 3.62. The van der Waals surface area contributed by atoms with Gasteiger partial charge in [-0.3, -0.25) is 4.79 Å². The molecule has 0 radical (unpaired) electrons. The molecule has 2 heteroatoms. The van der Waals surface area contributed by atoms with Gasteiger partial charge in [0, 0.05) is 29.4 Å². The summed E-state index contributed by atoms with van der Waals surface area (Å²) in [4.78, 5) is 12.3. The molecule has 2 rings (SSSR count). The first kappa shape index (κ1) is 14.4. The first-order chi connectivity index (χ1) is 8.85. The standard InChI is InChI=1S/C17H27NO/c1-6-7-8-12(2)18-13(3)9-14-15(18)10-17(4,5)11-16(14)19/h9,12H,6-8,10-11H2,1-5H3. The average molecular weight is 261 g/mol. The zero-order valence-electron chi connectivity index (χ0n) is 13.0. The number of hydrogen-bond donors (Lipinski definition) is 0. The summed E-state index contributed by atoms with van der Waals surface area (Å²) in [5, 5.41) is 0. The fourth-order valence-electron chi connectivity index (χ4n) is 3.41. The van der Waals surface area contributed by atoms with Crippen molar-refractivity contribution in [2.24, 2.45) is 5.41 Å². The lowest BCUT2D eigenvalue weighted by Gasteiger charge is -2.31. The van der Waals surface area contributed by atoms with Crippen LogP contribution in [0.1, 0.15) is 81.2 Å². The van der Waals surface area contributed by atoms with Crippen LogP contribution in [0.25, 0.3) is 0 Å². The van der Waals surface area contributed by atoms with Gasteiger partial charge >= 0.3 is 0 Å². The number of nitrogens with zero attached hydrogens (tertiary/aromatic N) is 1. The molecule has 1 aromatic heterocycles. The number of aromatic nitrogens is 1. The second-order valence-corrected chi connectivity index (χ2v) is 6.95. The van der Waals surface area contributed by atoms with Gasteiger partial charge in [0.05, 0.1) is 0 Å². The molecule has 1 aromatic rings. The van der Waals surface area contributed by atoms with E-state index < -0.39 is 0 Å². The molecule has 0 amide bonds. The van der Waals surface area contributed by atoms with Crippen LogP contribution in [-0.4, -0.2) is 10.4 Å². The number of Topliss-reactive ketones (excluding diaryl/α,β-unsaturated/α-hetero) is 1. The van der Waals surface area contributed by atoms with E-state index in [9.17, 15) is 4.79 Å². The molecule has 0 saturated carbocycles. The van der Waals surface area contributed by atoms with Crippen LogP contribution in [0.3, 0.4) is 0 Å². The molecule has 1 aliphatic rings. The van der Waals surface area contributed by atoms with Crippen molar-refractivity contribution >= 4 is 5.78 Å². The molecule has 0 spiro atoms. The average Bonchev–Trinajstić information content (AvgIpc) is 2.61. The Labute approximate surface area is 117 Å². The number of fused-ring (bicyclic) bond motifs is 1. The summed E-state index contributed by atoms with van der Waals surface area (Å²) in [7, 11) is 0. The number of ketones is 1. The van der Waals surface area contributed by atoms with E-state index in [0.717, 1.165) is 12.0 Å². The molecule has 0 fully saturated rings. The lowest BCUT2D eigenvalue weighted by atomic mass is 9.76. The molecular weight excluding hydrogens is 234 g/mol. The number of rotatable bonds is 4. The number of unbranched alkanes of at least 4 members (excludes halogenated alkanes) is 1. The Morgan fingerprint density at radius 3 is 2.68 bits per heavy atom. The van der Waals surface area contributed by atoms with Crippen molar-refractivity contribution in [3.05, 3.63) is 23.0 Å². The molecule has 1 heterocycles. The van der Waals surface area contributed by atoms with Crippen LogP contribution < -0.4 is 0 Å². The minimum Gasteiger partial charge on any atom is -0.345 e. The van der Waals surface area contributed by atoms with Crippen LogP contribution in [-0.2, 0) is 6.42 Å². The third kappa shape index (κ3) is 2.77. The zero-order valence-corrected chi connectivity index (χ0v) is 13.0. The van der Waals surface area contributed by atoms with Gasteiger partial charge in [-0.25, -0.2) is 0 Å². The summed E-state index contributed by atoms with van der Waals surface area (Å²) in [5.74, 6) is 0.329. The van der Waals surface area contributed by atoms with E-state index >= 15 is 0 Å². The molecule has 1 atom stereocenters. The summed E-state index contributed by atoms with van der Waals surface area (Å²) >= 11 is 0. The number of hydrogen-bond acceptors (Lipinski definition) is 1. The quantitative estimate of drug-likeness (QED) is 0.769. The van der Waals surface area contributed by atoms with E-state index in [0.29, 0.717) is 18.2 Å². The Bertz CT molecular complexity index is 482. The van der Waals surface area contributed by atoms with Crippen LogP contribution in [0.5, 0.6) is 0 Å². The highest BCUT2D eigenvalue weighted by Crippen LogP contribution is 2.38. The molecule has 0 N–H and O–H groups in total. The molecular formula is C17H27NO. The van der Waals surface area contributed by atoms with Crippen LogP contribution in [0.15, 0.2) is 6.07 Å². The summed E-state index contributed by atoms with van der Waals surface area (Å²) in [6, 6.07) is 2.61. The molecule has 1 unspecified atom stereocenters. The number of aryl methyl sites for hydroxylation is 1. The van der Waals surface area contributed by atoms with E-state index in [1.165, 1.54) is 30.7 Å². The van der Waals surface area contributed by atoms with Gasteiger partial charge in [-0.05, 0) is 38.2 Å². The van der Waals surface area contributed by atoms with E-state index in [4.69, 9.17) is 0 Å². The monoisotopic (exact) mass is 261 g/mol. The van der Waals surface area contributed by atoms with Crippen molar-refractivity contribution in [1.29, 1.82) is 0 Å². The Morgan fingerprint density at radius 2 is 2.05 bits per heavy atom. The highest BCUT2D eigenvalue weighted by Gasteiger charge is 2.34. The minimum absolute atomic E-state index is 0.108. The summed E-state index contributed by atoms with van der Waals surface area (Å²) in [6.07, 6.45) is 5.40. The van der Waals surface area contributed by atoms with Crippen LogP contribution in [0.4, 0.5) is 0 Å². The molecule has 1 aliphatic carbocycles. The van der Waals surface area contributed by atoms with E-state index in [1.807, 2.05) is 0 Å². The van der Waals surface area contributed by atoms with E-state index in [-0.39, 0.29) is 5.41 Å². The van der Waals surface area contributed by atoms with Crippen molar-refractivity contribution in [2.45, 2.75) is 72.8 Å². The largest absolute Gasteiger partial charge is 0.345 e. The Kier molecular flexibility index (Phi) is 3.89. The first-order valence-corrected chi connectivity index (χ1v) is 7.59. The van der Waals surface area contributed by atoms with Gasteiger partial charge in [0.2, 0.25) is 0 Å². The van der Waals surface area contributed by atoms with Gasteiger partial charge in [0.1, 0.15) is 0 Å². The predicted molar refractivity (Wildman–Crippen MR) is 79.8 cm³/mol. The topological polar surface area (TPSA) is 22.0 Å². The molecule has 0 aromatic carbocycles. The van der Waals surface area contributed by atoms with Crippen molar-refractivity contribution < 1.29 is 4.79 Å². The zero-order chi connectivity index (χ0) is 14.2. The predicted octanol–water partition coefficient (Wildman–Crippen LogP) is 4.70. The minimum atomic E-state index is 0.108. The van der Waals surface area contributed by atoms with Gasteiger partial charge in [-0.1, -0.05) is 33.6 Å². The fraction of sp³-hybridized carbons (Fsp3) is 0.706. The maximum absolute atomic E-state index is 12.3. The van der Waals surface area contributed by atoms with E-state index in [1.54, 1.807) is 0 Å². The van der Waals surface area contributed by atoms with Crippen LogP contribution in [0.2, 0.25) is 0 Å². The molecule has 0 saturated heterocycles. The lowest BCUT2D eigenvalue weighted by molar-refractivity contribution is 0.0909. The van der Waals surface area contributed by atoms with Crippen LogP contribution in [0, 0.1) is 12.3 Å². The van der Waals surface area contributed by atoms with Crippen LogP contribution >= 0.6 is 0 Å². The third-order valence-electron chi connectivity index (χ3n) is 4.34. The van der Waals surface area contributed by atoms with Crippen molar-refractivity contribution in [2.75, 3.05) is 0 Å². The normalized spacial score (nSPS) is 19.3. The SMILES string of the molecule is CCCCC(C)n1c(C)cc2c1CC(C)(C)CC2=O. The summed E-state index contributed by atoms with van der Waals surface area (Å²) < 4.78 is 2.42. The molecule has 2 nitrogen and oxygen atoms in total. The second kappa shape index (κ2) is 5.15. The highest BCUT2D eigenvalue weighted by molar-refractivity contribution is 5.99. The number of carbonyl (C=O) groups is 1. The lowest BCUT2D eigenvalue weighted by Crippen LogP contribution is -2.28. The summed E-state index contributed by atoms with van der Waals surface area (Å²) in [6.45, 7) is 11.1. The van der Waals surface area contributed by atoms with Crippen molar-refractivity contribution in [1.82, 2.24) is 4.57 Å². The van der Waals surface area contributed by atoms with Crippen molar-refractivity contribution in [3.63, 3.8) is 0 Å². The Balaban J connectivity index is 2.38. The van der Waals surface area contributed by atoms with Gasteiger partial charge in [-0.2, -0.15) is 0 Å². The first-order valence-electron chi connectivity index (χ1n) is 7.59. The smallest absolute Gasteiger partial charge is 0.165 e. The van der Waals surface area contributed by atoms with Crippen molar-refractivity contribution in [3.8, 4) is 0 Å². The molecule has 19 heavy (non-hydrogen) atoms. The van der Waals surface area contributed by atoms with E-state index in [2.05, 4.69) is 45.3 Å². The third-order valence-corrected chi connectivity index (χ3v) is 4.34. The van der Waals surface area contributed by atoms with Gasteiger partial charge in [-0.15, -0.1) is 0 Å². The van der Waals surface area contributed by atoms with Gasteiger partial charge in [0.25, 0.3) is 0 Å². The maximum atomic E-state index is 12.3. The molecule has 0 aliphatic heterocycles. The Hall–Kier alpha value is -1.05. The van der Waals surface area contributed by atoms with Gasteiger partial charge < -0.3 is 4.57 Å². The highest BCUT2D eigenvalue weighted by atomic mass is 16.1. The fourth-order valence-corrected chi connectivity index (χ4v) is 3.41.